The van der Waals surface area contributed by atoms with Crippen LogP contribution in [0.15, 0.2) is 0 Å². The van der Waals surface area contributed by atoms with Crippen LogP contribution in [-0.4, -0.2) is 40.3 Å². The third-order valence-electron chi connectivity index (χ3n) is 1.84. The zero-order chi connectivity index (χ0) is 12.7. The number of nitriles is 2. The Morgan fingerprint density at radius 1 is 0.750 bits per heavy atom. The van der Waals surface area contributed by atoms with E-state index in [4.69, 9.17) is 29.5 Å². The molecule has 16 heavy (non-hydrogen) atoms. The molecule has 0 atom stereocenters. The summed E-state index contributed by atoms with van der Waals surface area (Å²) in [5, 5.41) is 17.6. The van der Waals surface area contributed by atoms with Crippen LogP contribution in [0.1, 0.15) is 0 Å². The van der Waals surface area contributed by atoms with Crippen molar-refractivity contribution in [3.8, 4) is 12.1 Å². The Balaban J connectivity index is 4.65. The Bertz CT molecular complexity index is 257. The molecule has 90 valence electrons. The van der Waals surface area contributed by atoms with Gasteiger partial charge in [0.05, 0.1) is 0 Å². The molecule has 2 N–H and O–H groups in total. The first kappa shape index (κ1) is 14.7. The summed E-state index contributed by atoms with van der Waals surface area (Å²) in [5.74, 6) is -3.47. The maximum absolute atomic E-state index is 8.82. The number of methoxy groups -OCH3 is 4. The van der Waals surface area contributed by atoms with Gasteiger partial charge in [-0.25, -0.2) is 0 Å². The first-order chi connectivity index (χ1) is 7.57. The lowest BCUT2D eigenvalue weighted by atomic mass is 10.5. The molecule has 0 saturated carbocycles. The van der Waals surface area contributed by atoms with Gasteiger partial charge in [-0.3, -0.25) is 0 Å². The summed E-state index contributed by atoms with van der Waals surface area (Å²) in [6.07, 6.45) is 0. The molecule has 0 heterocycles. The third-order valence-corrected chi connectivity index (χ3v) is 1.84. The SMILES string of the molecule is COC(C#N)(NNC(C#N)(OC)OC)OC. The van der Waals surface area contributed by atoms with Gasteiger partial charge >= 0.3 is 11.8 Å². The third kappa shape index (κ3) is 3.12. The molecule has 0 unspecified atom stereocenters. The van der Waals surface area contributed by atoms with E-state index in [2.05, 4.69) is 10.9 Å². The molecule has 0 bridgehead atoms. The van der Waals surface area contributed by atoms with Crippen molar-refractivity contribution in [2.24, 2.45) is 0 Å². The maximum Gasteiger partial charge on any atom is 0.334 e. The number of hydrazine groups is 1. The van der Waals surface area contributed by atoms with E-state index in [0.29, 0.717) is 0 Å². The largest absolute Gasteiger partial charge is 0.334 e. The van der Waals surface area contributed by atoms with Crippen LogP contribution in [0.4, 0.5) is 0 Å². The van der Waals surface area contributed by atoms with Gasteiger partial charge < -0.3 is 18.9 Å². The van der Waals surface area contributed by atoms with E-state index in [0.717, 1.165) is 0 Å². The molecule has 0 radical (unpaired) electrons. The minimum atomic E-state index is -1.74. The van der Waals surface area contributed by atoms with Crippen LogP contribution in [0.3, 0.4) is 0 Å². The summed E-state index contributed by atoms with van der Waals surface area (Å²) in [5.41, 5.74) is 4.70. The molecular formula is C8H14N4O4. The molecule has 8 heteroatoms. The Labute approximate surface area is 93.6 Å². The molecule has 8 nitrogen and oxygen atoms in total. The van der Waals surface area contributed by atoms with Crippen molar-refractivity contribution in [2.45, 2.75) is 11.8 Å². The zero-order valence-corrected chi connectivity index (χ0v) is 9.53. The normalized spacial score (nSPS) is 11.9. The van der Waals surface area contributed by atoms with Crippen molar-refractivity contribution in [3.05, 3.63) is 0 Å². The molecule has 0 fully saturated rings. The van der Waals surface area contributed by atoms with E-state index in [1.807, 2.05) is 0 Å². The molecule has 0 aliphatic carbocycles. The highest BCUT2D eigenvalue weighted by molar-refractivity contribution is 4.95. The minimum absolute atomic E-state index is 1.26. The van der Waals surface area contributed by atoms with Crippen molar-refractivity contribution in [1.29, 1.82) is 10.5 Å². The first-order valence-electron chi connectivity index (χ1n) is 4.15. The zero-order valence-electron chi connectivity index (χ0n) is 9.53. The molecule has 0 aromatic rings. The van der Waals surface area contributed by atoms with Crippen molar-refractivity contribution in [1.82, 2.24) is 10.9 Å². The van der Waals surface area contributed by atoms with Gasteiger partial charge in [-0.05, 0) is 0 Å². The Morgan fingerprint density at radius 2 is 1.00 bits per heavy atom. The van der Waals surface area contributed by atoms with Crippen LogP contribution in [-0.2, 0) is 18.9 Å². The summed E-state index contributed by atoms with van der Waals surface area (Å²) in [4.78, 5) is 0. The summed E-state index contributed by atoms with van der Waals surface area (Å²) < 4.78 is 19.2. The lowest BCUT2D eigenvalue weighted by molar-refractivity contribution is -0.241. The van der Waals surface area contributed by atoms with E-state index in [9.17, 15) is 0 Å². The molecule has 0 saturated heterocycles. The van der Waals surface area contributed by atoms with Gasteiger partial charge in [-0.15, -0.1) is 0 Å². The molecule has 0 aromatic carbocycles. The predicted octanol–water partition coefficient (Wildman–Crippen LogP) is -0.979. The Kier molecular flexibility index (Phi) is 5.85. The van der Waals surface area contributed by atoms with Gasteiger partial charge in [0.25, 0.3) is 0 Å². The van der Waals surface area contributed by atoms with Crippen LogP contribution in [0.5, 0.6) is 0 Å². The number of ether oxygens (including phenoxy) is 4. The summed E-state index contributed by atoms with van der Waals surface area (Å²) >= 11 is 0. The highest BCUT2D eigenvalue weighted by atomic mass is 16.7. The van der Waals surface area contributed by atoms with Crippen molar-refractivity contribution in [3.63, 3.8) is 0 Å². The maximum atomic E-state index is 8.82. The second-order valence-corrected chi connectivity index (χ2v) is 2.52. The molecule has 0 amide bonds. The fourth-order valence-corrected chi connectivity index (χ4v) is 0.774. The molecule has 0 spiro atoms. The topological polar surface area (TPSA) is 109 Å². The lowest BCUT2D eigenvalue weighted by Gasteiger charge is -2.30. The average molecular weight is 230 g/mol. The van der Waals surface area contributed by atoms with E-state index < -0.39 is 11.8 Å². The first-order valence-corrected chi connectivity index (χ1v) is 4.15. The molecule has 0 aliphatic heterocycles. The number of rotatable bonds is 7. The number of hydrogen-bond donors (Lipinski definition) is 2. The summed E-state index contributed by atoms with van der Waals surface area (Å²) in [7, 11) is 5.04. The smallest absolute Gasteiger partial charge is 0.328 e. The van der Waals surface area contributed by atoms with Crippen molar-refractivity contribution >= 4 is 0 Å². The van der Waals surface area contributed by atoms with Gasteiger partial charge in [-0.2, -0.15) is 21.4 Å². The molecular weight excluding hydrogens is 216 g/mol. The number of hydrogen-bond acceptors (Lipinski definition) is 8. The van der Waals surface area contributed by atoms with Crippen LogP contribution >= 0.6 is 0 Å². The van der Waals surface area contributed by atoms with Crippen LogP contribution in [0.25, 0.3) is 0 Å². The fourth-order valence-electron chi connectivity index (χ4n) is 0.774. The summed E-state index contributed by atoms with van der Waals surface area (Å²) in [6, 6.07) is 3.44. The van der Waals surface area contributed by atoms with E-state index in [1.54, 1.807) is 12.1 Å². The molecule has 0 rings (SSSR count). The van der Waals surface area contributed by atoms with E-state index >= 15 is 0 Å². The molecule has 0 aliphatic rings. The Morgan fingerprint density at radius 3 is 1.12 bits per heavy atom. The fraction of sp³-hybridized carbons (Fsp3) is 0.750. The minimum Gasteiger partial charge on any atom is -0.328 e. The van der Waals surface area contributed by atoms with Crippen LogP contribution in [0.2, 0.25) is 0 Å². The Hall–Kier alpha value is -1.26. The summed E-state index contributed by atoms with van der Waals surface area (Å²) in [6.45, 7) is 0. The van der Waals surface area contributed by atoms with Crippen molar-refractivity contribution in [2.75, 3.05) is 28.4 Å². The highest BCUT2D eigenvalue weighted by Gasteiger charge is 2.36. The van der Waals surface area contributed by atoms with Gasteiger partial charge in [0.1, 0.15) is 12.1 Å². The van der Waals surface area contributed by atoms with E-state index in [1.165, 1.54) is 28.4 Å². The average Bonchev–Trinajstić information content (AvgIpc) is 2.37. The van der Waals surface area contributed by atoms with Crippen LogP contribution in [0, 0.1) is 22.7 Å². The predicted molar refractivity (Wildman–Crippen MR) is 51.0 cm³/mol. The van der Waals surface area contributed by atoms with Crippen molar-refractivity contribution < 1.29 is 18.9 Å². The number of nitrogens with one attached hydrogen (secondary N) is 2. The second-order valence-electron chi connectivity index (χ2n) is 2.52. The monoisotopic (exact) mass is 230 g/mol. The van der Waals surface area contributed by atoms with Gasteiger partial charge in [0.2, 0.25) is 0 Å². The quantitative estimate of drug-likeness (QED) is 0.424. The second kappa shape index (κ2) is 6.35. The highest BCUT2D eigenvalue weighted by Crippen LogP contribution is 2.07. The van der Waals surface area contributed by atoms with Gasteiger partial charge in [-0.1, -0.05) is 0 Å². The van der Waals surface area contributed by atoms with Crippen LogP contribution < -0.4 is 10.9 Å². The number of nitrogens with zero attached hydrogens (tertiary/aromatic N) is 2. The van der Waals surface area contributed by atoms with Gasteiger partial charge in [0, 0.05) is 28.4 Å². The molecule has 0 aromatic heterocycles. The standard InChI is InChI=1S/C8H14N4O4/c1-13-7(5-9,14-2)11-12-8(6-10,15-3)16-4/h11-12H,1-4H3. The lowest BCUT2D eigenvalue weighted by Crippen LogP contribution is -2.63. The van der Waals surface area contributed by atoms with Gasteiger partial charge in [0.15, 0.2) is 0 Å². The van der Waals surface area contributed by atoms with E-state index in [-0.39, 0.29) is 0 Å².